The Morgan fingerprint density at radius 2 is 2.12 bits per heavy atom. The van der Waals surface area contributed by atoms with Gasteiger partial charge in [-0.25, -0.2) is 4.98 Å². The summed E-state index contributed by atoms with van der Waals surface area (Å²) in [7, 11) is 3.07. The molecule has 0 aliphatic rings. The van der Waals surface area contributed by atoms with E-state index in [1.807, 2.05) is 0 Å². The number of nitrogens with zero attached hydrogens (tertiary/aromatic N) is 2. The van der Waals surface area contributed by atoms with Crippen LogP contribution in [0.15, 0.2) is 36.9 Å². The van der Waals surface area contributed by atoms with Gasteiger partial charge in [0.1, 0.15) is 17.8 Å². The Morgan fingerprint density at radius 1 is 1.29 bits per heavy atom. The number of benzene rings is 1. The van der Waals surface area contributed by atoms with Crippen LogP contribution in [0.1, 0.15) is 10.4 Å². The second-order valence-corrected chi connectivity index (χ2v) is 3.34. The van der Waals surface area contributed by atoms with E-state index >= 15 is 0 Å². The molecule has 0 unspecified atom stereocenters. The average Bonchev–Trinajstić information content (AvgIpc) is 2.91. The lowest BCUT2D eigenvalue weighted by Gasteiger charge is -2.09. The number of methoxy groups -OCH3 is 2. The minimum absolute atomic E-state index is 0.193. The van der Waals surface area contributed by atoms with Gasteiger partial charge < -0.3 is 9.47 Å². The van der Waals surface area contributed by atoms with E-state index in [1.54, 1.807) is 37.7 Å². The van der Waals surface area contributed by atoms with Gasteiger partial charge in [-0.15, -0.1) is 0 Å². The van der Waals surface area contributed by atoms with Gasteiger partial charge >= 0.3 is 0 Å². The van der Waals surface area contributed by atoms with Crippen LogP contribution >= 0.6 is 0 Å². The lowest BCUT2D eigenvalue weighted by Crippen LogP contribution is -2.11. The van der Waals surface area contributed by atoms with E-state index in [1.165, 1.54) is 18.0 Å². The van der Waals surface area contributed by atoms with Gasteiger partial charge in [-0.05, 0) is 12.1 Å². The van der Waals surface area contributed by atoms with Crippen LogP contribution in [-0.2, 0) is 0 Å². The average molecular weight is 232 g/mol. The summed E-state index contributed by atoms with van der Waals surface area (Å²) in [6, 6.07) is 5.05. The molecule has 17 heavy (non-hydrogen) atoms. The highest BCUT2D eigenvalue weighted by Crippen LogP contribution is 2.25. The van der Waals surface area contributed by atoms with Gasteiger partial charge in [-0.3, -0.25) is 9.36 Å². The molecule has 1 aromatic carbocycles. The predicted octanol–water partition coefficient (Wildman–Crippen LogP) is 1.59. The first-order valence-electron chi connectivity index (χ1n) is 5.01. The van der Waals surface area contributed by atoms with Crippen LogP contribution in [0.25, 0.3) is 0 Å². The third-order valence-electron chi connectivity index (χ3n) is 2.38. The highest BCUT2D eigenvalue weighted by atomic mass is 16.5. The van der Waals surface area contributed by atoms with Crippen LogP contribution in [0.2, 0.25) is 0 Å². The van der Waals surface area contributed by atoms with Crippen LogP contribution in [0.3, 0.4) is 0 Å². The molecule has 0 aliphatic carbocycles. The number of imidazole rings is 1. The number of carbonyl (C=O) groups excluding carboxylic acids is 1. The summed E-state index contributed by atoms with van der Waals surface area (Å²) in [4.78, 5) is 15.9. The van der Waals surface area contributed by atoms with Crippen molar-refractivity contribution in [3.63, 3.8) is 0 Å². The molecule has 0 amide bonds. The molecule has 5 nitrogen and oxygen atoms in total. The molecule has 0 bridgehead atoms. The molecule has 1 aromatic heterocycles. The number of aromatic nitrogens is 2. The first-order chi connectivity index (χ1) is 8.26. The van der Waals surface area contributed by atoms with E-state index in [9.17, 15) is 4.79 Å². The molecule has 0 N–H and O–H groups in total. The Bertz CT molecular complexity index is 521. The maximum Gasteiger partial charge on any atom is 0.266 e. The minimum Gasteiger partial charge on any atom is -0.497 e. The van der Waals surface area contributed by atoms with Gasteiger partial charge in [0.25, 0.3) is 5.91 Å². The minimum atomic E-state index is -0.193. The maximum absolute atomic E-state index is 12.1. The highest BCUT2D eigenvalue weighted by Gasteiger charge is 2.14. The summed E-state index contributed by atoms with van der Waals surface area (Å²) in [5.41, 5.74) is 0.464. The lowest BCUT2D eigenvalue weighted by atomic mass is 10.1. The van der Waals surface area contributed by atoms with Crippen molar-refractivity contribution in [2.24, 2.45) is 0 Å². The molecular weight excluding hydrogens is 220 g/mol. The number of hydrogen-bond donors (Lipinski definition) is 0. The normalized spacial score (nSPS) is 10.0. The number of rotatable bonds is 3. The second kappa shape index (κ2) is 4.69. The monoisotopic (exact) mass is 232 g/mol. The van der Waals surface area contributed by atoms with Crippen LogP contribution in [0, 0.1) is 0 Å². The van der Waals surface area contributed by atoms with E-state index in [0.717, 1.165) is 0 Å². The zero-order chi connectivity index (χ0) is 12.3. The summed E-state index contributed by atoms with van der Waals surface area (Å²) in [6.45, 7) is 0. The van der Waals surface area contributed by atoms with Crippen molar-refractivity contribution in [1.82, 2.24) is 9.55 Å². The Morgan fingerprint density at radius 3 is 2.71 bits per heavy atom. The summed E-state index contributed by atoms with van der Waals surface area (Å²) < 4.78 is 11.6. The topological polar surface area (TPSA) is 53.4 Å². The van der Waals surface area contributed by atoms with Crippen molar-refractivity contribution < 1.29 is 14.3 Å². The number of carbonyl (C=O) groups is 1. The van der Waals surface area contributed by atoms with Crippen molar-refractivity contribution in [1.29, 1.82) is 0 Å². The van der Waals surface area contributed by atoms with Gasteiger partial charge in [0.15, 0.2) is 0 Å². The molecule has 0 saturated heterocycles. The molecule has 0 saturated carbocycles. The van der Waals surface area contributed by atoms with E-state index in [4.69, 9.17) is 9.47 Å². The molecule has 2 aromatic rings. The second-order valence-electron chi connectivity index (χ2n) is 3.34. The van der Waals surface area contributed by atoms with E-state index in [-0.39, 0.29) is 5.91 Å². The molecule has 2 rings (SSSR count). The van der Waals surface area contributed by atoms with Crippen molar-refractivity contribution in [2.45, 2.75) is 0 Å². The van der Waals surface area contributed by atoms with E-state index in [0.29, 0.717) is 17.1 Å². The first kappa shape index (κ1) is 11.2. The Kier molecular flexibility index (Phi) is 3.09. The Balaban J connectivity index is 2.41. The Hall–Kier alpha value is -2.30. The van der Waals surface area contributed by atoms with Crippen LogP contribution in [-0.4, -0.2) is 29.7 Å². The van der Waals surface area contributed by atoms with Crippen LogP contribution < -0.4 is 9.47 Å². The molecule has 1 heterocycles. The van der Waals surface area contributed by atoms with Gasteiger partial charge in [-0.2, -0.15) is 0 Å². The standard InChI is InChI=1S/C12H12N2O3/c1-16-9-3-4-10(11(7-9)17-2)12(15)14-6-5-13-8-14/h3-8H,1-2H3. The van der Waals surface area contributed by atoms with Crippen LogP contribution in [0.4, 0.5) is 0 Å². The van der Waals surface area contributed by atoms with Gasteiger partial charge in [-0.1, -0.05) is 0 Å². The molecule has 0 aliphatic heterocycles. The van der Waals surface area contributed by atoms with Crippen molar-refractivity contribution in [3.05, 3.63) is 42.5 Å². The fourth-order valence-electron chi connectivity index (χ4n) is 1.49. The summed E-state index contributed by atoms with van der Waals surface area (Å²) >= 11 is 0. The fourth-order valence-corrected chi connectivity index (χ4v) is 1.49. The molecule has 0 atom stereocenters. The van der Waals surface area contributed by atoms with Gasteiger partial charge in [0.2, 0.25) is 0 Å². The van der Waals surface area contributed by atoms with Gasteiger partial charge in [0, 0.05) is 18.5 Å². The highest BCUT2D eigenvalue weighted by molar-refractivity contribution is 5.98. The molecule has 0 fully saturated rings. The SMILES string of the molecule is COc1ccc(C(=O)n2ccnc2)c(OC)c1. The zero-order valence-electron chi connectivity index (χ0n) is 9.58. The van der Waals surface area contributed by atoms with E-state index < -0.39 is 0 Å². The van der Waals surface area contributed by atoms with Crippen molar-refractivity contribution in [3.8, 4) is 11.5 Å². The Labute approximate surface area is 98.6 Å². The molecular formula is C12H12N2O3. The molecule has 0 spiro atoms. The molecule has 0 radical (unpaired) electrons. The first-order valence-corrected chi connectivity index (χ1v) is 5.01. The lowest BCUT2D eigenvalue weighted by molar-refractivity contribution is 0.0956. The molecule has 5 heteroatoms. The van der Waals surface area contributed by atoms with Crippen molar-refractivity contribution >= 4 is 5.91 Å². The predicted molar refractivity (Wildman–Crippen MR) is 61.5 cm³/mol. The third-order valence-corrected chi connectivity index (χ3v) is 2.38. The van der Waals surface area contributed by atoms with E-state index in [2.05, 4.69) is 4.98 Å². The summed E-state index contributed by atoms with van der Waals surface area (Å²) in [6.07, 6.45) is 4.59. The quantitative estimate of drug-likeness (QED) is 0.806. The maximum atomic E-state index is 12.1. The fraction of sp³-hybridized carbons (Fsp3) is 0.167. The third kappa shape index (κ3) is 2.13. The smallest absolute Gasteiger partial charge is 0.266 e. The van der Waals surface area contributed by atoms with Crippen molar-refractivity contribution in [2.75, 3.05) is 14.2 Å². The summed E-state index contributed by atoms with van der Waals surface area (Å²) in [5, 5.41) is 0. The van der Waals surface area contributed by atoms with Crippen LogP contribution in [0.5, 0.6) is 11.5 Å². The number of ether oxygens (including phenoxy) is 2. The molecule has 88 valence electrons. The number of hydrogen-bond acceptors (Lipinski definition) is 4. The largest absolute Gasteiger partial charge is 0.497 e. The zero-order valence-corrected chi connectivity index (χ0v) is 9.58. The van der Waals surface area contributed by atoms with Gasteiger partial charge in [0.05, 0.1) is 19.8 Å². The summed E-state index contributed by atoms with van der Waals surface area (Å²) in [5.74, 6) is 0.925.